The van der Waals surface area contributed by atoms with E-state index < -0.39 is 6.03 Å². The molecular weight excluding hydrogens is 536 g/mol. The smallest absolute Gasteiger partial charge is 0.319 e. The van der Waals surface area contributed by atoms with Crippen LogP contribution in [0.1, 0.15) is 20.3 Å². The molecule has 42 heavy (non-hydrogen) atoms. The molecule has 4 amide bonds. The van der Waals surface area contributed by atoms with Crippen LogP contribution in [0.2, 0.25) is 0 Å². The summed E-state index contributed by atoms with van der Waals surface area (Å²) in [5, 5.41) is 19.2. The molecule has 1 aromatic heterocycles. The fourth-order valence-electron chi connectivity index (χ4n) is 4.05. The minimum atomic E-state index is -0.545. The molecular formula is C30H34N8O4. The van der Waals surface area contributed by atoms with Crippen LogP contribution in [0.25, 0.3) is 11.4 Å². The third-order valence-corrected chi connectivity index (χ3v) is 6.38. The number of rotatable bonds is 12. The molecule has 12 nitrogen and oxygen atoms in total. The highest BCUT2D eigenvalue weighted by Crippen LogP contribution is 2.29. The highest BCUT2D eigenvalue weighted by molar-refractivity contribution is 6.00. The van der Waals surface area contributed by atoms with Crippen LogP contribution in [-0.2, 0) is 9.59 Å². The van der Waals surface area contributed by atoms with Crippen molar-refractivity contribution >= 4 is 34.9 Å². The number of benzene rings is 3. The molecule has 0 aliphatic carbocycles. The number of hydrogen-bond acceptors (Lipinski definition) is 7. The van der Waals surface area contributed by atoms with Gasteiger partial charge in [0.1, 0.15) is 5.75 Å². The minimum Gasteiger partial charge on any atom is -0.482 e. The van der Waals surface area contributed by atoms with Crippen molar-refractivity contribution in [3.05, 3.63) is 78.9 Å². The Kier molecular flexibility index (Phi) is 10.2. The average Bonchev–Trinajstić information content (AvgIpc) is 3.55. The number of carbonyl (C=O) groups excluding carboxylic acids is 3. The summed E-state index contributed by atoms with van der Waals surface area (Å²) in [4.78, 5) is 42.0. The van der Waals surface area contributed by atoms with Crippen LogP contribution < -0.4 is 25.2 Å². The molecule has 0 saturated carbocycles. The van der Waals surface area contributed by atoms with Gasteiger partial charge >= 0.3 is 6.03 Å². The Labute approximate surface area is 244 Å². The summed E-state index contributed by atoms with van der Waals surface area (Å²) in [6.45, 7) is 4.08. The van der Waals surface area contributed by atoms with E-state index in [0.29, 0.717) is 41.0 Å². The SMILES string of the molecule is CC(C)CCN(C(=O)CNC(=O)Nc1cccc(-c2nn[nH]n2)c1)c1ccccc1OCC(=O)N(C)c1ccccc1. The van der Waals surface area contributed by atoms with Crippen molar-refractivity contribution < 1.29 is 19.1 Å². The van der Waals surface area contributed by atoms with Crippen LogP contribution in [0.4, 0.5) is 21.9 Å². The van der Waals surface area contributed by atoms with E-state index in [4.69, 9.17) is 4.74 Å². The number of ether oxygens (including phenoxy) is 1. The Bertz CT molecular complexity index is 1480. The second kappa shape index (κ2) is 14.4. The van der Waals surface area contributed by atoms with Gasteiger partial charge in [0.15, 0.2) is 6.61 Å². The maximum absolute atomic E-state index is 13.4. The Balaban J connectivity index is 1.41. The maximum atomic E-state index is 13.4. The molecule has 12 heteroatoms. The number of para-hydroxylation sites is 3. The third-order valence-electron chi connectivity index (χ3n) is 6.38. The van der Waals surface area contributed by atoms with Gasteiger partial charge in [-0.25, -0.2) is 4.79 Å². The molecule has 0 radical (unpaired) electrons. The van der Waals surface area contributed by atoms with Crippen LogP contribution in [0.15, 0.2) is 78.9 Å². The van der Waals surface area contributed by atoms with Gasteiger partial charge in [-0.05, 0) is 54.0 Å². The Hall–Kier alpha value is -5.26. The fourth-order valence-corrected chi connectivity index (χ4v) is 4.05. The van der Waals surface area contributed by atoms with Crippen molar-refractivity contribution in [2.24, 2.45) is 5.92 Å². The van der Waals surface area contributed by atoms with Crippen LogP contribution in [0.3, 0.4) is 0 Å². The molecule has 0 atom stereocenters. The summed E-state index contributed by atoms with van der Waals surface area (Å²) in [6.07, 6.45) is 0.727. The number of aromatic nitrogens is 4. The second-order valence-electron chi connectivity index (χ2n) is 9.90. The molecule has 0 aliphatic heterocycles. The molecule has 0 saturated heterocycles. The number of carbonyl (C=O) groups is 3. The summed E-state index contributed by atoms with van der Waals surface area (Å²) in [5.41, 5.74) is 2.44. The van der Waals surface area contributed by atoms with Crippen molar-refractivity contribution in [2.75, 3.05) is 41.9 Å². The first-order valence-electron chi connectivity index (χ1n) is 13.5. The average molecular weight is 571 g/mol. The van der Waals surface area contributed by atoms with Crippen molar-refractivity contribution in [3.8, 4) is 17.1 Å². The topological polar surface area (TPSA) is 145 Å². The van der Waals surface area contributed by atoms with E-state index in [-0.39, 0.29) is 25.0 Å². The first kappa shape index (κ1) is 29.7. The highest BCUT2D eigenvalue weighted by atomic mass is 16.5. The molecule has 4 rings (SSSR count). The van der Waals surface area contributed by atoms with E-state index in [1.807, 2.05) is 30.3 Å². The summed E-state index contributed by atoms with van der Waals surface area (Å²) >= 11 is 0. The number of nitrogens with zero attached hydrogens (tertiary/aromatic N) is 5. The molecule has 0 unspecified atom stereocenters. The molecule has 218 valence electrons. The van der Waals surface area contributed by atoms with Crippen LogP contribution >= 0.6 is 0 Å². The van der Waals surface area contributed by atoms with E-state index >= 15 is 0 Å². The predicted octanol–water partition coefficient (Wildman–Crippen LogP) is 4.11. The van der Waals surface area contributed by atoms with Gasteiger partial charge in [0.25, 0.3) is 5.91 Å². The highest BCUT2D eigenvalue weighted by Gasteiger charge is 2.21. The van der Waals surface area contributed by atoms with Gasteiger partial charge in [0.05, 0.1) is 12.2 Å². The summed E-state index contributed by atoms with van der Waals surface area (Å²) in [5.74, 6) is 0.557. The summed E-state index contributed by atoms with van der Waals surface area (Å²) in [7, 11) is 1.68. The number of tetrazole rings is 1. The number of urea groups is 1. The first-order valence-corrected chi connectivity index (χ1v) is 13.5. The standard InChI is InChI=1S/C30H34N8O4/c1-21(2)16-17-38(25-14-7-8-15-26(25)42-20-28(40)37(3)24-12-5-4-6-13-24)27(39)19-31-30(41)32-23-11-9-10-22(18-23)29-33-35-36-34-29/h4-15,18,21H,16-17,19-20H2,1-3H3,(H2,31,32,41)(H,33,34,35,36). The van der Waals surface area contributed by atoms with Crippen molar-refractivity contribution in [2.45, 2.75) is 20.3 Å². The molecule has 3 aromatic carbocycles. The van der Waals surface area contributed by atoms with Gasteiger partial charge < -0.3 is 25.2 Å². The lowest BCUT2D eigenvalue weighted by Crippen LogP contribution is -2.42. The number of H-pyrrole nitrogens is 1. The van der Waals surface area contributed by atoms with Crippen molar-refractivity contribution in [1.82, 2.24) is 25.9 Å². The summed E-state index contributed by atoms with van der Waals surface area (Å²) in [6, 6.07) is 22.7. The largest absolute Gasteiger partial charge is 0.482 e. The molecule has 0 fully saturated rings. The van der Waals surface area contributed by atoms with Gasteiger partial charge in [0.2, 0.25) is 11.7 Å². The molecule has 0 aliphatic rings. The quantitative estimate of drug-likeness (QED) is 0.232. The Morgan fingerprint density at radius 2 is 1.71 bits per heavy atom. The summed E-state index contributed by atoms with van der Waals surface area (Å²) < 4.78 is 5.92. The van der Waals surface area contributed by atoms with Gasteiger partial charge in [-0.1, -0.05) is 56.3 Å². The van der Waals surface area contributed by atoms with E-state index in [1.165, 1.54) is 4.90 Å². The van der Waals surface area contributed by atoms with E-state index in [0.717, 1.165) is 12.1 Å². The zero-order valence-corrected chi connectivity index (χ0v) is 23.8. The van der Waals surface area contributed by atoms with Crippen LogP contribution in [-0.4, -0.2) is 65.2 Å². The van der Waals surface area contributed by atoms with Crippen LogP contribution in [0.5, 0.6) is 5.75 Å². The number of anilines is 3. The third kappa shape index (κ3) is 8.13. The molecule has 4 aromatic rings. The van der Waals surface area contributed by atoms with Gasteiger partial charge in [-0.3, -0.25) is 9.59 Å². The number of amides is 4. The van der Waals surface area contributed by atoms with E-state index in [9.17, 15) is 14.4 Å². The lowest BCUT2D eigenvalue weighted by Gasteiger charge is -2.26. The van der Waals surface area contributed by atoms with Gasteiger partial charge in [-0.2, -0.15) is 5.21 Å². The first-order chi connectivity index (χ1) is 20.3. The normalized spacial score (nSPS) is 10.7. The monoisotopic (exact) mass is 570 g/mol. The maximum Gasteiger partial charge on any atom is 0.319 e. The van der Waals surface area contributed by atoms with E-state index in [2.05, 4.69) is 45.1 Å². The van der Waals surface area contributed by atoms with E-state index in [1.54, 1.807) is 60.5 Å². The minimum absolute atomic E-state index is 0.210. The second-order valence-corrected chi connectivity index (χ2v) is 9.90. The van der Waals surface area contributed by atoms with Crippen molar-refractivity contribution in [1.29, 1.82) is 0 Å². The molecule has 1 heterocycles. The Morgan fingerprint density at radius 3 is 2.45 bits per heavy atom. The molecule has 0 spiro atoms. The number of hydrogen-bond donors (Lipinski definition) is 3. The zero-order valence-electron chi connectivity index (χ0n) is 23.8. The number of aromatic amines is 1. The van der Waals surface area contributed by atoms with Gasteiger partial charge in [0, 0.05) is 30.5 Å². The fraction of sp³-hybridized carbons (Fsp3) is 0.267. The number of likely N-dealkylation sites (N-methyl/N-ethyl adjacent to an activating group) is 1. The van der Waals surface area contributed by atoms with Crippen LogP contribution in [0, 0.1) is 5.92 Å². The zero-order chi connectivity index (χ0) is 29.9. The molecule has 3 N–H and O–H groups in total. The molecule has 0 bridgehead atoms. The van der Waals surface area contributed by atoms with Crippen molar-refractivity contribution in [3.63, 3.8) is 0 Å². The lowest BCUT2D eigenvalue weighted by molar-refractivity contribution is -0.120. The number of nitrogens with one attached hydrogen (secondary N) is 3. The van der Waals surface area contributed by atoms with Gasteiger partial charge in [-0.15, -0.1) is 10.2 Å². The lowest BCUT2D eigenvalue weighted by atomic mass is 10.1. The predicted molar refractivity (Wildman–Crippen MR) is 160 cm³/mol. The Morgan fingerprint density at radius 1 is 0.952 bits per heavy atom.